The summed E-state index contributed by atoms with van der Waals surface area (Å²) in [4.78, 5) is 54.6. The first kappa shape index (κ1) is 32.7. The number of aliphatic carboxylic acids is 1. The number of hydrogen-bond acceptors (Lipinski definition) is 7. The molecule has 12 heteroatoms. The third-order valence-corrected chi connectivity index (χ3v) is 6.89. The highest BCUT2D eigenvalue weighted by Crippen LogP contribution is 2.19. The van der Waals surface area contributed by atoms with E-state index in [1.165, 1.54) is 0 Å². The topological polar surface area (TPSA) is 218 Å². The van der Waals surface area contributed by atoms with Crippen LogP contribution in [0.25, 0.3) is 10.9 Å². The lowest BCUT2D eigenvalue weighted by atomic mass is 10.0. The number of rotatable bonds is 18. The van der Waals surface area contributed by atoms with Crippen molar-refractivity contribution in [3.63, 3.8) is 0 Å². The van der Waals surface area contributed by atoms with Gasteiger partial charge in [0.15, 0.2) is 0 Å². The van der Waals surface area contributed by atoms with Gasteiger partial charge in [-0.3, -0.25) is 14.4 Å². The summed E-state index contributed by atoms with van der Waals surface area (Å²) in [6.07, 6.45) is 4.75. The van der Waals surface area contributed by atoms with Crippen molar-refractivity contribution in [2.24, 2.45) is 23.1 Å². The molecule has 1 aromatic heterocycles. The first-order valence-corrected chi connectivity index (χ1v) is 13.9. The Hall–Kier alpha value is -3.48. The molecular formula is C28H45N7O5. The van der Waals surface area contributed by atoms with Crippen molar-refractivity contribution in [2.45, 2.75) is 83.0 Å². The summed E-state index contributed by atoms with van der Waals surface area (Å²) in [5, 5.41) is 18.6. The second kappa shape index (κ2) is 16.6. The lowest BCUT2D eigenvalue weighted by Crippen LogP contribution is -2.58. The molecule has 0 aliphatic heterocycles. The molecule has 0 bridgehead atoms. The van der Waals surface area contributed by atoms with Crippen LogP contribution in [0.3, 0.4) is 0 Å². The summed E-state index contributed by atoms with van der Waals surface area (Å²) < 4.78 is 0. The highest BCUT2D eigenvalue weighted by Gasteiger charge is 2.31. The number of H-pyrrole nitrogens is 1. The average Bonchev–Trinajstić information content (AvgIpc) is 3.33. The lowest BCUT2D eigenvalue weighted by molar-refractivity contribution is -0.142. The Morgan fingerprint density at radius 3 is 1.98 bits per heavy atom. The van der Waals surface area contributed by atoms with Crippen LogP contribution in [0.1, 0.15) is 57.9 Å². The predicted octanol–water partition coefficient (Wildman–Crippen LogP) is 0.491. The molecule has 0 saturated heterocycles. The van der Waals surface area contributed by atoms with Crippen LogP contribution < -0.4 is 33.2 Å². The molecule has 11 N–H and O–H groups in total. The summed E-state index contributed by atoms with van der Waals surface area (Å²) >= 11 is 0. The van der Waals surface area contributed by atoms with Crippen LogP contribution in [0.2, 0.25) is 0 Å². The molecule has 222 valence electrons. The minimum Gasteiger partial charge on any atom is -0.480 e. The minimum absolute atomic E-state index is 0.103. The Balaban J connectivity index is 2.30. The van der Waals surface area contributed by atoms with E-state index in [9.17, 15) is 24.3 Å². The average molecular weight is 560 g/mol. The Bertz CT molecular complexity index is 1120. The van der Waals surface area contributed by atoms with E-state index >= 15 is 0 Å². The molecule has 12 nitrogen and oxygen atoms in total. The monoisotopic (exact) mass is 559 g/mol. The maximum absolute atomic E-state index is 13.5. The molecular weight excluding hydrogens is 514 g/mol. The molecule has 40 heavy (non-hydrogen) atoms. The number of aromatic amines is 1. The fourth-order valence-electron chi connectivity index (χ4n) is 4.36. The van der Waals surface area contributed by atoms with Gasteiger partial charge in [0.25, 0.3) is 0 Å². The largest absolute Gasteiger partial charge is 0.480 e. The fourth-order valence-corrected chi connectivity index (χ4v) is 4.36. The van der Waals surface area contributed by atoms with Crippen molar-refractivity contribution < 1.29 is 24.3 Å². The van der Waals surface area contributed by atoms with Crippen molar-refractivity contribution in [1.29, 1.82) is 0 Å². The molecule has 1 heterocycles. The van der Waals surface area contributed by atoms with Crippen molar-refractivity contribution in [1.82, 2.24) is 20.9 Å². The molecule has 2 aromatic rings. The van der Waals surface area contributed by atoms with E-state index in [1.54, 1.807) is 6.20 Å². The fraction of sp³-hybridized carbons (Fsp3) is 0.571. The highest BCUT2D eigenvalue weighted by molar-refractivity contribution is 5.94. The van der Waals surface area contributed by atoms with Crippen LogP contribution in [0, 0.1) is 5.92 Å². The van der Waals surface area contributed by atoms with Gasteiger partial charge in [0, 0.05) is 23.5 Å². The van der Waals surface area contributed by atoms with E-state index in [0.717, 1.165) is 16.5 Å². The van der Waals surface area contributed by atoms with Crippen LogP contribution in [0.5, 0.6) is 0 Å². The molecule has 4 atom stereocenters. The first-order valence-electron chi connectivity index (χ1n) is 13.9. The normalized spacial score (nSPS) is 14.3. The van der Waals surface area contributed by atoms with Gasteiger partial charge < -0.3 is 43.2 Å². The zero-order valence-electron chi connectivity index (χ0n) is 23.4. The molecule has 1 aromatic carbocycles. The van der Waals surface area contributed by atoms with Crippen LogP contribution in [-0.4, -0.2) is 71.0 Å². The third kappa shape index (κ3) is 9.92. The second-order valence-corrected chi connectivity index (χ2v) is 10.4. The van der Waals surface area contributed by atoms with E-state index in [-0.39, 0.29) is 18.8 Å². The van der Waals surface area contributed by atoms with Crippen molar-refractivity contribution in [3.05, 3.63) is 36.0 Å². The van der Waals surface area contributed by atoms with Crippen LogP contribution >= 0.6 is 0 Å². The van der Waals surface area contributed by atoms with Gasteiger partial charge >= 0.3 is 5.97 Å². The third-order valence-electron chi connectivity index (χ3n) is 6.89. The molecule has 0 aliphatic rings. The van der Waals surface area contributed by atoms with Crippen LogP contribution in [0.15, 0.2) is 30.5 Å². The number of para-hydroxylation sites is 1. The molecule has 0 saturated carbocycles. The van der Waals surface area contributed by atoms with Gasteiger partial charge in [0.1, 0.15) is 18.1 Å². The van der Waals surface area contributed by atoms with Gasteiger partial charge in [0.05, 0.1) is 6.04 Å². The molecule has 2 rings (SSSR count). The summed E-state index contributed by atoms with van der Waals surface area (Å²) in [5.74, 6) is -2.97. The number of carboxylic acids is 1. The quantitative estimate of drug-likeness (QED) is 0.120. The summed E-state index contributed by atoms with van der Waals surface area (Å²) in [6.45, 7) is 4.46. The molecule has 0 spiro atoms. The molecule has 3 amide bonds. The highest BCUT2D eigenvalue weighted by atomic mass is 16.4. The Morgan fingerprint density at radius 1 is 0.825 bits per heavy atom. The van der Waals surface area contributed by atoms with Gasteiger partial charge in [-0.2, -0.15) is 0 Å². The standard InChI is InChI=1S/C28H45N7O5/c1-17(2)24(31)27(38)33-21(11-5-7-13-29)25(36)35-23(15-18-16-32-20-10-4-3-9-19(18)20)26(37)34-22(28(39)40)12-6-8-14-30/h3-4,9-10,16-17,21-24,32H,5-8,11-15,29-31H2,1-2H3,(H,33,38)(H,34,37)(H,35,36)(H,39,40). The van der Waals surface area contributed by atoms with Gasteiger partial charge in [-0.25, -0.2) is 4.79 Å². The summed E-state index contributed by atoms with van der Waals surface area (Å²) in [7, 11) is 0. The van der Waals surface area contributed by atoms with Gasteiger partial charge in [-0.1, -0.05) is 32.0 Å². The zero-order chi connectivity index (χ0) is 29.7. The number of carboxylic acid groups (broad SMARTS) is 1. The van der Waals surface area contributed by atoms with E-state index in [2.05, 4.69) is 20.9 Å². The number of hydrogen-bond donors (Lipinski definition) is 8. The Kier molecular flexibility index (Phi) is 13.6. The van der Waals surface area contributed by atoms with Crippen molar-refractivity contribution in [2.75, 3.05) is 13.1 Å². The summed E-state index contributed by atoms with van der Waals surface area (Å²) in [5.41, 5.74) is 18.8. The number of aromatic nitrogens is 1. The molecule has 0 aliphatic carbocycles. The van der Waals surface area contributed by atoms with E-state index in [1.807, 2.05) is 38.1 Å². The van der Waals surface area contributed by atoms with Gasteiger partial charge in [-0.15, -0.1) is 0 Å². The van der Waals surface area contributed by atoms with Crippen LogP contribution in [0.4, 0.5) is 0 Å². The number of nitrogens with one attached hydrogen (secondary N) is 4. The maximum atomic E-state index is 13.5. The van der Waals surface area contributed by atoms with Crippen molar-refractivity contribution >= 4 is 34.6 Å². The number of unbranched alkanes of at least 4 members (excludes halogenated alkanes) is 2. The van der Waals surface area contributed by atoms with E-state index < -0.39 is 47.9 Å². The number of amides is 3. The Morgan fingerprint density at radius 2 is 1.38 bits per heavy atom. The molecule has 0 radical (unpaired) electrons. The van der Waals surface area contributed by atoms with E-state index in [4.69, 9.17) is 17.2 Å². The van der Waals surface area contributed by atoms with Gasteiger partial charge in [-0.05, 0) is 69.2 Å². The number of benzene rings is 1. The smallest absolute Gasteiger partial charge is 0.326 e. The minimum atomic E-state index is -1.17. The Labute approximate surface area is 235 Å². The van der Waals surface area contributed by atoms with Gasteiger partial charge in [0.2, 0.25) is 17.7 Å². The second-order valence-electron chi connectivity index (χ2n) is 10.4. The number of nitrogens with two attached hydrogens (primary N) is 3. The number of carbonyl (C=O) groups is 4. The zero-order valence-corrected chi connectivity index (χ0v) is 23.4. The number of carbonyl (C=O) groups excluding carboxylic acids is 3. The SMILES string of the molecule is CC(C)C(N)C(=O)NC(CCCCN)C(=O)NC(Cc1c[nH]c2ccccc12)C(=O)NC(CCCCN)C(=O)O. The lowest BCUT2D eigenvalue weighted by Gasteiger charge is -2.26. The first-order chi connectivity index (χ1) is 19.1. The predicted molar refractivity (Wildman–Crippen MR) is 154 cm³/mol. The van der Waals surface area contributed by atoms with Crippen LogP contribution in [-0.2, 0) is 25.6 Å². The van der Waals surface area contributed by atoms with E-state index in [0.29, 0.717) is 45.2 Å². The maximum Gasteiger partial charge on any atom is 0.326 e. The number of fused-ring (bicyclic) bond motifs is 1. The molecule has 4 unspecified atom stereocenters. The summed E-state index contributed by atoms with van der Waals surface area (Å²) in [6, 6.07) is 3.55. The van der Waals surface area contributed by atoms with Crippen molar-refractivity contribution in [3.8, 4) is 0 Å². The molecule has 0 fully saturated rings.